The Morgan fingerprint density at radius 3 is 2.28 bits per heavy atom. The molecule has 0 unspecified atom stereocenters. The second kappa shape index (κ2) is 11.4. The molecule has 4 aliphatic carbocycles. The van der Waals surface area contributed by atoms with Gasteiger partial charge in [0.1, 0.15) is 28.8 Å². The molecule has 8 heteroatoms. The Morgan fingerprint density at radius 2 is 1.66 bits per heavy atom. The van der Waals surface area contributed by atoms with Crippen molar-refractivity contribution in [2.24, 2.45) is 28.1 Å². The van der Waals surface area contributed by atoms with E-state index in [1.807, 2.05) is 51.0 Å². The molecule has 47 heavy (non-hydrogen) atoms. The highest BCUT2D eigenvalue weighted by Crippen LogP contribution is 2.66. The van der Waals surface area contributed by atoms with Crippen LogP contribution in [0.3, 0.4) is 0 Å². The van der Waals surface area contributed by atoms with Crippen molar-refractivity contribution in [1.82, 2.24) is 0 Å². The lowest BCUT2D eigenvalue weighted by molar-refractivity contribution is -0.144. The van der Waals surface area contributed by atoms with Crippen LogP contribution < -0.4 is 4.90 Å². The van der Waals surface area contributed by atoms with Gasteiger partial charge in [0.25, 0.3) is 0 Å². The Hall–Kier alpha value is -3.81. The zero-order valence-corrected chi connectivity index (χ0v) is 28.9. The van der Waals surface area contributed by atoms with E-state index in [0.29, 0.717) is 35.6 Å². The van der Waals surface area contributed by atoms with Gasteiger partial charge in [-0.25, -0.2) is 0 Å². The van der Waals surface area contributed by atoms with E-state index < -0.39 is 39.4 Å². The van der Waals surface area contributed by atoms with Crippen molar-refractivity contribution < 1.29 is 34.1 Å². The number of aromatic hydroxyl groups is 1. The van der Waals surface area contributed by atoms with Crippen molar-refractivity contribution in [2.75, 3.05) is 19.0 Å². The van der Waals surface area contributed by atoms with E-state index in [1.54, 1.807) is 6.92 Å². The highest BCUT2D eigenvalue weighted by atomic mass is 16.3. The SMILES string of the molecule is CCCC1CCC(Cc2ccc(-c3cc(N(C)C)c4c(c3O)C(O)=C3C(=O)[C@@]5(C)C(O)=C(C(C)=O)C(=O)C[C@@]5(C)C[C@@]3(C)C4)o2)CC1. The number of ketones is 3. The smallest absolute Gasteiger partial charge is 0.177 e. The van der Waals surface area contributed by atoms with E-state index in [9.17, 15) is 29.7 Å². The van der Waals surface area contributed by atoms with Gasteiger partial charge < -0.3 is 24.6 Å². The average molecular weight is 644 g/mol. The van der Waals surface area contributed by atoms with Crippen LogP contribution in [0.25, 0.3) is 17.1 Å². The monoisotopic (exact) mass is 643 g/mol. The second-order valence-electron chi connectivity index (χ2n) is 15.7. The summed E-state index contributed by atoms with van der Waals surface area (Å²) in [6.07, 6.45) is 8.82. The summed E-state index contributed by atoms with van der Waals surface area (Å²) in [5.74, 6) is 0.0960. The molecule has 0 amide bonds. The van der Waals surface area contributed by atoms with Crippen molar-refractivity contribution in [3.63, 3.8) is 0 Å². The Bertz CT molecular complexity index is 1730. The van der Waals surface area contributed by atoms with Gasteiger partial charge in [0, 0.05) is 43.6 Å². The number of phenols is 1. The number of allylic oxidation sites excluding steroid dienone is 3. The molecule has 0 spiro atoms. The van der Waals surface area contributed by atoms with Crippen LogP contribution in [0.2, 0.25) is 0 Å². The largest absolute Gasteiger partial charge is 0.510 e. The fourth-order valence-electron chi connectivity index (χ4n) is 9.57. The maximum Gasteiger partial charge on any atom is 0.177 e. The van der Waals surface area contributed by atoms with Gasteiger partial charge in [-0.15, -0.1) is 0 Å². The summed E-state index contributed by atoms with van der Waals surface area (Å²) >= 11 is 0. The van der Waals surface area contributed by atoms with Gasteiger partial charge in [0.05, 0.1) is 22.1 Å². The summed E-state index contributed by atoms with van der Waals surface area (Å²) < 4.78 is 6.35. The van der Waals surface area contributed by atoms with Gasteiger partial charge in [-0.1, -0.05) is 46.5 Å². The molecule has 0 radical (unpaired) electrons. The molecule has 2 fully saturated rings. The first-order chi connectivity index (χ1) is 22.1. The quantitative estimate of drug-likeness (QED) is 0.259. The maximum atomic E-state index is 14.6. The molecule has 8 nitrogen and oxygen atoms in total. The Balaban J connectivity index is 1.43. The van der Waals surface area contributed by atoms with Crippen molar-refractivity contribution in [3.05, 3.63) is 52.0 Å². The van der Waals surface area contributed by atoms with Crippen molar-refractivity contribution in [2.45, 2.75) is 98.8 Å². The van der Waals surface area contributed by atoms with Crippen molar-refractivity contribution in [1.29, 1.82) is 0 Å². The van der Waals surface area contributed by atoms with E-state index >= 15 is 0 Å². The number of phenolic OH excluding ortho intramolecular Hbond substituents is 1. The fraction of sp³-hybridized carbons (Fsp3) is 0.564. The van der Waals surface area contributed by atoms with E-state index in [-0.39, 0.29) is 34.6 Å². The first kappa shape index (κ1) is 33.1. The number of carbonyl (C=O) groups is 3. The first-order valence-electron chi connectivity index (χ1n) is 17.2. The lowest BCUT2D eigenvalue weighted by Gasteiger charge is -2.57. The summed E-state index contributed by atoms with van der Waals surface area (Å²) in [5.41, 5.74) is -1.68. The Kier molecular flexibility index (Phi) is 8.04. The number of benzene rings is 1. The lowest BCUT2D eigenvalue weighted by Crippen LogP contribution is -2.59. The number of anilines is 1. The number of hydrogen-bond donors (Lipinski definition) is 3. The summed E-state index contributed by atoms with van der Waals surface area (Å²) in [4.78, 5) is 42.1. The van der Waals surface area contributed by atoms with Crippen LogP contribution in [0, 0.1) is 28.1 Å². The van der Waals surface area contributed by atoms with Crippen LogP contribution in [-0.2, 0) is 27.2 Å². The van der Waals surface area contributed by atoms with Crippen LogP contribution in [0.15, 0.2) is 39.5 Å². The third-order valence-electron chi connectivity index (χ3n) is 12.2. The molecule has 3 N–H and O–H groups in total. The Morgan fingerprint density at radius 1 is 1.00 bits per heavy atom. The van der Waals surface area contributed by atoms with Crippen LogP contribution >= 0.6 is 0 Å². The molecule has 1 heterocycles. The summed E-state index contributed by atoms with van der Waals surface area (Å²) in [7, 11) is 3.79. The van der Waals surface area contributed by atoms with Crippen molar-refractivity contribution in [3.8, 4) is 17.1 Å². The van der Waals surface area contributed by atoms with Crippen LogP contribution in [0.1, 0.15) is 103 Å². The average Bonchev–Trinajstić information content (AvgIpc) is 3.43. The third-order valence-corrected chi connectivity index (χ3v) is 12.2. The minimum atomic E-state index is -1.61. The first-order valence-corrected chi connectivity index (χ1v) is 17.2. The normalized spacial score (nSPS) is 30.6. The Labute approximate surface area is 277 Å². The van der Waals surface area contributed by atoms with Gasteiger partial charge in [0.2, 0.25) is 0 Å². The number of Topliss-reactive ketones (excluding diaryl/α,β-unsaturated/α-hetero) is 3. The van der Waals surface area contributed by atoms with E-state index in [4.69, 9.17) is 4.42 Å². The lowest BCUT2D eigenvalue weighted by atomic mass is 9.43. The second-order valence-corrected chi connectivity index (χ2v) is 15.7. The molecule has 0 saturated heterocycles. The number of nitrogens with zero attached hydrogens (tertiary/aromatic N) is 1. The van der Waals surface area contributed by atoms with E-state index in [1.165, 1.54) is 45.4 Å². The van der Waals surface area contributed by atoms with Crippen LogP contribution in [-0.4, -0.2) is 46.8 Å². The minimum absolute atomic E-state index is 0.0730. The molecular formula is C39H49NO7. The minimum Gasteiger partial charge on any atom is -0.510 e. The van der Waals surface area contributed by atoms with Crippen molar-refractivity contribution >= 4 is 28.8 Å². The van der Waals surface area contributed by atoms with Crippen LogP contribution in [0.4, 0.5) is 5.69 Å². The zero-order valence-electron chi connectivity index (χ0n) is 28.9. The predicted octanol–water partition coefficient (Wildman–Crippen LogP) is 8.06. The van der Waals surface area contributed by atoms with Crippen LogP contribution in [0.5, 0.6) is 5.75 Å². The molecule has 2 saturated carbocycles. The third kappa shape index (κ3) is 4.96. The fourth-order valence-corrected chi connectivity index (χ4v) is 9.57. The molecule has 3 atom stereocenters. The summed E-state index contributed by atoms with van der Waals surface area (Å²) in [6.45, 7) is 8.73. The molecule has 0 bridgehead atoms. The number of hydrogen-bond acceptors (Lipinski definition) is 8. The maximum absolute atomic E-state index is 14.6. The predicted molar refractivity (Wildman–Crippen MR) is 181 cm³/mol. The van der Waals surface area contributed by atoms with E-state index in [0.717, 1.165) is 23.8 Å². The number of rotatable bonds is 7. The highest BCUT2D eigenvalue weighted by Gasteiger charge is 2.67. The molecule has 0 aliphatic heterocycles. The molecule has 4 aliphatic rings. The molecule has 2 aromatic rings. The number of aliphatic hydroxyl groups excluding tert-OH is 2. The van der Waals surface area contributed by atoms with Gasteiger partial charge in [-0.3, -0.25) is 14.4 Å². The number of fused-ring (bicyclic) bond motifs is 3. The molecule has 1 aromatic carbocycles. The van der Waals surface area contributed by atoms with E-state index in [2.05, 4.69) is 6.92 Å². The molecule has 1 aromatic heterocycles. The van der Waals surface area contributed by atoms with Gasteiger partial charge >= 0.3 is 0 Å². The van der Waals surface area contributed by atoms with Gasteiger partial charge in [0.15, 0.2) is 17.3 Å². The summed E-state index contributed by atoms with van der Waals surface area (Å²) in [5, 5.41) is 35.3. The highest BCUT2D eigenvalue weighted by molar-refractivity contribution is 6.23. The topological polar surface area (TPSA) is 128 Å². The molecule has 6 rings (SSSR count). The van der Waals surface area contributed by atoms with Gasteiger partial charge in [-0.2, -0.15) is 0 Å². The number of carbonyl (C=O) groups excluding carboxylic acids is 3. The zero-order chi connectivity index (χ0) is 34.2. The molecule has 252 valence electrons. The number of furan rings is 1. The standard InChI is InChI=1S/C39H49NO7/c1-8-9-22-10-12-23(13-11-22)16-24-14-15-29(47-24)25-17-27(40(6)7)26-18-37(3)20-38(4)19-28(42)30(21(2)41)35(45)39(38,5)36(46)32(37)34(44)31(26)33(25)43/h14-15,17,22-23,43-45H,8-13,16,18-20H2,1-7H3/t22?,23?,37-,38+,39-/m1/s1. The number of aliphatic hydroxyl groups is 2. The van der Waals surface area contributed by atoms with Gasteiger partial charge in [-0.05, 0) is 80.5 Å². The summed E-state index contributed by atoms with van der Waals surface area (Å²) in [6, 6.07) is 5.71. The molecular weight excluding hydrogens is 594 g/mol.